The van der Waals surface area contributed by atoms with Gasteiger partial charge in [-0.1, -0.05) is 0 Å². The molecule has 0 aromatic carbocycles. The molecule has 0 aliphatic rings. The predicted molar refractivity (Wildman–Crippen MR) is 57.9 cm³/mol. The third kappa shape index (κ3) is 21.3. The van der Waals surface area contributed by atoms with Crippen molar-refractivity contribution in [3.63, 3.8) is 0 Å². The Labute approximate surface area is 121 Å². The number of halogens is 2. The topological polar surface area (TPSA) is 0 Å². The molecule has 0 saturated carbocycles. The maximum absolute atomic E-state index is 2.30. The maximum atomic E-state index is 2.30. The van der Waals surface area contributed by atoms with Gasteiger partial charge in [0.25, 0.3) is 0 Å². The Hall–Kier alpha value is 1.45. The second-order valence-electron chi connectivity index (χ2n) is 3.87. The summed E-state index contributed by atoms with van der Waals surface area (Å²) < 4.78 is 3.35. The van der Waals surface area contributed by atoms with Crippen molar-refractivity contribution in [2.75, 3.05) is 0 Å². The van der Waals surface area contributed by atoms with Gasteiger partial charge in [-0.15, -0.1) is 0 Å². The molecule has 0 rings (SSSR count). The molecule has 0 unspecified atom stereocenters. The largest absolute Gasteiger partial charge is 1.00 e. The van der Waals surface area contributed by atoms with Crippen LogP contribution in [0.3, 0.4) is 0 Å². The van der Waals surface area contributed by atoms with Gasteiger partial charge in [-0.3, -0.25) is 0 Å². The molecule has 0 aliphatic carbocycles. The van der Waals surface area contributed by atoms with Crippen molar-refractivity contribution >= 4 is 0 Å². The molecule has 0 spiro atoms. The van der Waals surface area contributed by atoms with Crippen LogP contribution in [-0.2, 0) is 22.9 Å². The van der Waals surface area contributed by atoms with Crippen LogP contribution in [0.15, 0.2) is 0 Å². The van der Waals surface area contributed by atoms with Crippen LogP contribution in [-0.4, -0.2) is 0 Å². The fraction of sp³-hybridized carbons (Fsp3) is 1.00. The van der Waals surface area contributed by atoms with Crippen molar-refractivity contribution in [2.45, 2.75) is 73.6 Å². The van der Waals surface area contributed by atoms with Gasteiger partial charge in [-0.2, -0.15) is 0 Å². The van der Waals surface area contributed by atoms with Crippen LogP contribution in [0.2, 0.25) is 8.35 Å². The minimum absolute atomic E-state index is 0. The number of hydrogen-bond acceptors (Lipinski definition) is 0. The van der Waals surface area contributed by atoms with Crippen LogP contribution in [0.25, 0.3) is 0 Å². The van der Waals surface area contributed by atoms with E-state index in [4.69, 9.17) is 0 Å². The van der Waals surface area contributed by atoms with E-state index < -0.39 is 0 Å². The van der Waals surface area contributed by atoms with Gasteiger partial charge >= 0.3 is 96.5 Å². The van der Waals surface area contributed by atoms with Crippen molar-refractivity contribution in [3.8, 4) is 0 Å². The van der Waals surface area contributed by atoms with Crippen molar-refractivity contribution < 1.29 is 47.7 Å². The van der Waals surface area contributed by atoms with Crippen molar-refractivity contribution in [2.24, 2.45) is 0 Å². The summed E-state index contributed by atoms with van der Waals surface area (Å²) in [7, 11) is 0. The molecule has 15 heavy (non-hydrogen) atoms. The standard InChI is InChI=1S/2C6H13.2ClH.Hf/c2*1-3-5-6-4-2;;;/h2*1,3-6H2,2H3;2*1H;/q;;;;+2/p-2. The molecule has 0 aromatic heterocycles. The Kier molecular flexibility index (Phi) is 30.1. The Morgan fingerprint density at radius 2 is 1.00 bits per heavy atom. The average molecular weight is 420 g/mol. The fourth-order valence-electron chi connectivity index (χ4n) is 1.48. The van der Waals surface area contributed by atoms with Crippen molar-refractivity contribution in [1.29, 1.82) is 0 Å². The van der Waals surface area contributed by atoms with Gasteiger partial charge in [-0.25, -0.2) is 0 Å². The molecular weight excluding hydrogens is 394 g/mol. The fourth-order valence-corrected chi connectivity index (χ4v) is 5.97. The van der Waals surface area contributed by atoms with Crippen LogP contribution in [0, 0.1) is 0 Å². The Bertz CT molecular complexity index is 79.7. The Morgan fingerprint density at radius 3 is 1.33 bits per heavy atom. The van der Waals surface area contributed by atoms with Crippen LogP contribution < -0.4 is 24.8 Å². The minimum Gasteiger partial charge on any atom is -1.00 e. The van der Waals surface area contributed by atoms with Gasteiger partial charge in [0.2, 0.25) is 0 Å². The Balaban J connectivity index is -0.000000720. The molecule has 0 aromatic rings. The third-order valence-electron chi connectivity index (χ3n) is 2.41. The molecule has 3 heteroatoms. The first kappa shape index (κ1) is 21.7. The molecule has 0 aliphatic heterocycles. The quantitative estimate of drug-likeness (QED) is 0.317. The molecule has 0 nitrogen and oxygen atoms in total. The van der Waals surface area contributed by atoms with E-state index in [0.29, 0.717) is 0 Å². The van der Waals surface area contributed by atoms with Gasteiger partial charge < -0.3 is 24.8 Å². The first-order chi connectivity index (χ1) is 6.41. The van der Waals surface area contributed by atoms with Gasteiger partial charge in [0.15, 0.2) is 0 Å². The average Bonchev–Trinajstić information content (AvgIpc) is 2.16. The number of unbranched alkanes of at least 4 members (excludes halogenated alkanes) is 6. The zero-order valence-corrected chi connectivity index (χ0v) is 15.4. The molecule has 92 valence electrons. The van der Waals surface area contributed by atoms with Crippen LogP contribution in [0.4, 0.5) is 0 Å². The van der Waals surface area contributed by atoms with Crippen molar-refractivity contribution in [1.82, 2.24) is 0 Å². The van der Waals surface area contributed by atoms with E-state index in [0.717, 1.165) is 0 Å². The molecular formula is C12H26Cl2Hf. The molecule has 0 radical (unpaired) electrons. The number of hydrogen-bond donors (Lipinski definition) is 0. The van der Waals surface area contributed by atoms with E-state index in [2.05, 4.69) is 13.8 Å². The third-order valence-corrected chi connectivity index (χ3v) is 7.50. The van der Waals surface area contributed by atoms with Gasteiger partial charge in [0, 0.05) is 0 Å². The molecule has 0 saturated heterocycles. The molecule has 0 bridgehead atoms. The summed E-state index contributed by atoms with van der Waals surface area (Å²) in [6.45, 7) is 4.60. The molecule has 0 amide bonds. The molecule has 0 atom stereocenters. The van der Waals surface area contributed by atoms with Gasteiger partial charge in [0.1, 0.15) is 0 Å². The molecule has 0 heterocycles. The first-order valence-corrected chi connectivity index (χ1v) is 11.2. The number of rotatable bonds is 10. The summed E-state index contributed by atoms with van der Waals surface area (Å²) in [6, 6.07) is 0. The Morgan fingerprint density at radius 1 is 0.600 bits per heavy atom. The normalized spacial score (nSPS) is 8.67. The monoisotopic (exact) mass is 420 g/mol. The first-order valence-electron chi connectivity index (χ1n) is 6.12. The summed E-state index contributed by atoms with van der Waals surface area (Å²) in [5.41, 5.74) is 0. The van der Waals surface area contributed by atoms with Gasteiger partial charge in [0.05, 0.1) is 0 Å². The zero-order valence-electron chi connectivity index (χ0n) is 10.3. The summed E-state index contributed by atoms with van der Waals surface area (Å²) in [4.78, 5) is 0. The summed E-state index contributed by atoms with van der Waals surface area (Å²) >= 11 is -0.0943. The second kappa shape index (κ2) is 20.8. The summed E-state index contributed by atoms with van der Waals surface area (Å²) in [5.74, 6) is 0. The van der Waals surface area contributed by atoms with E-state index in [9.17, 15) is 0 Å². The van der Waals surface area contributed by atoms with E-state index in [-0.39, 0.29) is 47.7 Å². The SMILES string of the molecule is CCCCC[CH2][Hf+2][CH2]CCCCC.[Cl-].[Cl-]. The van der Waals surface area contributed by atoms with E-state index in [1.54, 1.807) is 21.2 Å². The van der Waals surface area contributed by atoms with Crippen LogP contribution in [0.5, 0.6) is 0 Å². The van der Waals surface area contributed by atoms with E-state index >= 15 is 0 Å². The summed E-state index contributed by atoms with van der Waals surface area (Å²) in [5, 5.41) is 0. The summed E-state index contributed by atoms with van der Waals surface area (Å²) in [6.07, 6.45) is 11.9. The predicted octanol–water partition coefficient (Wildman–Crippen LogP) is -0.926. The molecule has 0 N–H and O–H groups in total. The minimum atomic E-state index is -0.0943. The zero-order chi connectivity index (χ0) is 9.78. The van der Waals surface area contributed by atoms with E-state index in [1.807, 2.05) is 0 Å². The maximum Gasteiger partial charge on any atom is -1.00 e. The van der Waals surface area contributed by atoms with Gasteiger partial charge in [-0.05, 0) is 0 Å². The van der Waals surface area contributed by atoms with E-state index in [1.165, 1.54) is 38.5 Å². The van der Waals surface area contributed by atoms with Crippen LogP contribution >= 0.6 is 0 Å². The molecule has 0 fully saturated rings. The smallest absolute Gasteiger partial charge is 1.00 e. The second-order valence-corrected chi connectivity index (χ2v) is 9.26. The van der Waals surface area contributed by atoms with Crippen LogP contribution in [0.1, 0.15) is 65.2 Å². The van der Waals surface area contributed by atoms with Crippen molar-refractivity contribution in [3.05, 3.63) is 0 Å².